The van der Waals surface area contributed by atoms with E-state index in [1.54, 1.807) is 23.3 Å². The van der Waals surface area contributed by atoms with Crippen molar-refractivity contribution in [2.75, 3.05) is 6.61 Å². The lowest BCUT2D eigenvalue weighted by Gasteiger charge is -2.16. The van der Waals surface area contributed by atoms with Gasteiger partial charge in [0.1, 0.15) is 11.5 Å². The first-order chi connectivity index (χ1) is 16.6. The summed E-state index contributed by atoms with van der Waals surface area (Å²) >= 11 is 0. The van der Waals surface area contributed by atoms with Crippen LogP contribution in [0.2, 0.25) is 0 Å². The zero-order valence-corrected chi connectivity index (χ0v) is 21.0. The molecule has 0 amide bonds. The molecule has 0 N–H and O–H groups in total. The van der Waals surface area contributed by atoms with Crippen molar-refractivity contribution in [3.8, 4) is 22.6 Å². The number of aromatic nitrogens is 7. The fourth-order valence-corrected chi connectivity index (χ4v) is 3.81. The number of imidazole rings is 1. The normalized spacial score (nSPS) is 13.5. The summed E-state index contributed by atoms with van der Waals surface area (Å²) in [4.78, 5) is 21.4. The molecule has 4 heterocycles. The van der Waals surface area contributed by atoms with Gasteiger partial charge in [-0.05, 0) is 25.7 Å². The molecule has 5 rings (SSSR count). The molecule has 0 aliphatic heterocycles. The van der Waals surface area contributed by atoms with Gasteiger partial charge in [-0.2, -0.15) is 10.2 Å². The average molecular weight is 466 g/mol. The van der Waals surface area contributed by atoms with E-state index in [1.807, 2.05) is 75.4 Å². The Morgan fingerprint density at radius 2 is 1.85 bits per heavy atom. The van der Waals surface area contributed by atoms with Crippen LogP contribution < -0.4 is 0 Å². The third kappa shape index (κ3) is 5.52. The van der Waals surface area contributed by atoms with Crippen molar-refractivity contribution in [2.45, 2.75) is 59.9 Å². The Morgan fingerprint density at radius 1 is 1.12 bits per heavy atom. The minimum atomic E-state index is -0.180. The second-order valence-corrected chi connectivity index (χ2v) is 7.65. The Balaban J connectivity index is 0.000000771. The van der Waals surface area contributed by atoms with Crippen molar-refractivity contribution < 1.29 is 9.53 Å². The molecular weight excluding hydrogens is 430 g/mol. The first kappa shape index (κ1) is 25.1. The number of fused-ring (bicyclic) bond motifs is 1. The van der Waals surface area contributed by atoms with Gasteiger partial charge in [0, 0.05) is 43.5 Å². The van der Waals surface area contributed by atoms with Crippen molar-refractivity contribution in [3.05, 3.63) is 43.2 Å². The minimum absolute atomic E-state index is 0.0117. The Morgan fingerprint density at radius 3 is 2.50 bits per heavy atom. The Labute approximate surface area is 200 Å². The van der Waals surface area contributed by atoms with Gasteiger partial charge in [-0.1, -0.05) is 27.7 Å². The zero-order valence-electron chi connectivity index (χ0n) is 21.0. The first-order valence-corrected chi connectivity index (χ1v) is 12.2. The second kappa shape index (κ2) is 11.6. The van der Waals surface area contributed by atoms with E-state index < -0.39 is 0 Å². The van der Waals surface area contributed by atoms with Gasteiger partial charge >= 0.3 is 5.97 Å². The predicted octanol–water partition coefficient (Wildman–Crippen LogP) is 4.95. The van der Waals surface area contributed by atoms with E-state index in [2.05, 4.69) is 15.2 Å². The third-order valence-electron chi connectivity index (χ3n) is 5.44. The summed E-state index contributed by atoms with van der Waals surface area (Å²) < 4.78 is 10.8. The van der Waals surface area contributed by atoms with Gasteiger partial charge in [-0.3, -0.25) is 18.6 Å². The summed E-state index contributed by atoms with van der Waals surface area (Å²) in [7, 11) is 1.88. The summed E-state index contributed by atoms with van der Waals surface area (Å²) in [5, 5.41) is 8.83. The Hall–Kier alpha value is -3.49. The summed E-state index contributed by atoms with van der Waals surface area (Å²) in [5.41, 5.74) is 3.40. The largest absolute Gasteiger partial charge is 0.466 e. The van der Waals surface area contributed by atoms with Gasteiger partial charge in [-0.15, -0.1) is 0 Å². The second-order valence-electron chi connectivity index (χ2n) is 7.65. The van der Waals surface area contributed by atoms with Crippen LogP contribution in [0, 0.1) is 5.92 Å². The van der Waals surface area contributed by atoms with E-state index in [1.165, 1.54) is 0 Å². The lowest BCUT2D eigenvalue weighted by Crippen LogP contribution is -2.18. The highest BCUT2D eigenvalue weighted by Gasteiger charge is 2.35. The predicted molar refractivity (Wildman–Crippen MR) is 132 cm³/mol. The van der Waals surface area contributed by atoms with E-state index >= 15 is 0 Å². The van der Waals surface area contributed by atoms with Gasteiger partial charge in [-0.25, -0.2) is 9.97 Å². The SMILES string of the molecule is CC.CC.CCOC(=O)CC(C1CC1)n1cc(-c2nc(-c3cnn(C)c3)cc3nccn23)cn1. The molecule has 1 atom stereocenters. The Kier molecular flexibility index (Phi) is 8.56. The third-order valence-corrected chi connectivity index (χ3v) is 5.44. The summed E-state index contributed by atoms with van der Waals surface area (Å²) in [5.74, 6) is 1.03. The molecule has 9 heteroatoms. The topological polar surface area (TPSA) is 92.1 Å². The van der Waals surface area contributed by atoms with Crippen molar-refractivity contribution in [1.29, 1.82) is 0 Å². The highest BCUT2D eigenvalue weighted by atomic mass is 16.5. The van der Waals surface area contributed by atoms with Crippen LogP contribution in [0.15, 0.2) is 43.2 Å². The van der Waals surface area contributed by atoms with Crippen LogP contribution in [0.25, 0.3) is 28.3 Å². The number of hydrogen-bond acceptors (Lipinski definition) is 6. The number of hydrogen-bond donors (Lipinski definition) is 0. The van der Waals surface area contributed by atoms with Crippen LogP contribution in [-0.4, -0.2) is 46.5 Å². The number of esters is 1. The molecule has 1 aliphatic carbocycles. The molecule has 182 valence electrons. The first-order valence-electron chi connectivity index (χ1n) is 12.2. The van der Waals surface area contributed by atoms with Gasteiger partial charge in [0.05, 0.1) is 42.7 Å². The molecule has 1 saturated carbocycles. The fraction of sp³-hybridized carbons (Fsp3) is 0.480. The molecular formula is C25H35N7O2. The molecule has 1 unspecified atom stereocenters. The molecule has 4 aromatic heterocycles. The van der Waals surface area contributed by atoms with Crippen molar-refractivity contribution in [2.24, 2.45) is 13.0 Å². The highest BCUT2D eigenvalue weighted by molar-refractivity contribution is 5.70. The fourth-order valence-electron chi connectivity index (χ4n) is 3.81. The molecule has 1 aliphatic rings. The van der Waals surface area contributed by atoms with Crippen LogP contribution >= 0.6 is 0 Å². The number of ether oxygens (including phenoxy) is 1. The van der Waals surface area contributed by atoms with Crippen molar-refractivity contribution in [1.82, 2.24) is 33.9 Å². The van der Waals surface area contributed by atoms with Gasteiger partial charge in [0.2, 0.25) is 0 Å². The van der Waals surface area contributed by atoms with Crippen LogP contribution in [-0.2, 0) is 16.6 Å². The zero-order chi connectivity index (χ0) is 24.7. The Bertz CT molecular complexity index is 1200. The summed E-state index contributed by atoms with van der Waals surface area (Å²) in [6.07, 6.45) is 13.7. The highest BCUT2D eigenvalue weighted by Crippen LogP contribution is 2.42. The summed E-state index contributed by atoms with van der Waals surface area (Å²) in [6, 6.07) is 1.95. The quantitative estimate of drug-likeness (QED) is 0.359. The van der Waals surface area contributed by atoms with Crippen molar-refractivity contribution >= 4 is 11.6 Å². The van der Waals surface area contributed by atoms with Crippen molar-refractivity contribution in [3.63, 3.8) is 0 Å². The van der Waals surface area contributed by atoms with E-state index in [4.69, 9.17) is 9.72 Å². The molecule has 0 aromatic carbocycles. The molecule has 0 saturated heterocycles. The molecule has 0 radical (unpaired) electrons. The van der Waals surface area contributed by atoms with Gasteiger partial charge < -0.3 is 4.74 Å². The maximum absolute atomic E-state index is 12.1. The average Bonchev–Trinajstić information content (AvgIpc) is 3.22. The number of carbonyl (C=O) groups is 1. The lowest BCUT2D eigenvalue weighted by atomic mass is 10.1. The van der Waals surface area contributed by atoms with Gasteiger partial charge in [0.25, 0.3) is 0 Å². The maximum Gasteiger partial charge on any atom is 0.307 e. The molecule has 4 aromatic rings. The van der Waals surface area contributed by atoms with E-state index in [9.17, 15) is 4.79 Å². The lowest BCUT2D eigenvalue weighted by molar-refractivity contribution is -0.144. The molecule has 0 spiro atoms. The molecule has 9 nitrogen and oxygen atoms in total. The van der Waals surface area contributed by atoms with Crippen LogP contribution in [0.4, 0.5) is 0 Å². The summed E-state index contributed by atoms with van der Waals surface area (Å²) in [6.45, 7) is 10.2. The van der Waals surface area contributed by atoms with Crippen LogP contribution in [0.1, 0.15) is 59.9 Å². The minimum Gasteiger partial charge on any atom is -0.466 e. The van der Waals surface area contributed by atoms with Gasteiger partial charge in [0.15, 0.2) is 0 Å². The smallest absolute Gasteiger partial charge is 0.307 e. The maximum atomic E-state index is 12.1. The molecule has 0 bridgehead atoms. The van der Waals surface area contributed by atoms with E-state index in [0.29, 0.717) is 18.9 Å². The standard InChI is InChI=1S/C21H23N7O2.2C2H6/c1-3-30-20(29)9-18(14-4-5-14)28-13-16(11-24-28)21-25-17(15-10-23-26(2)12-15)8-19-22-6-7-27(19)21;2*1-2/h6-8,10-14,18H,3-5,9H2,1-2H3;2*1-2H3. The monoisotopic (exact) mass is 465 g/mol. The molecule has 1 fully saturated rings. The number of carbonyl (C=O) groups excluding carboxylic acids is 1. The molecule has 34 heavy (non-hydrogen) atoms. The number of aryl methyl sites for hydroxylation is 1. The van der Waals surface area contributed by atoms with Crippen LogP contribution in [0.3, 0.4) is 0 Å². The number of nitrogens with zero attached hydrogens (tertiary/aromatic N) is 7. The van der Waals surface area contributed by atoms with E-state index in [0.717, 1.165) is 41.1 Å². The van der Waals surface area contributed by atoms with Crippen LogP contribution in [0.5, 0.6) is 0 Å². The van der Waals surface area contributed by atoms with E-state index in [-0.39, 0.29) is 12.0 Å². The number of rotatable bonds is 7.